The number of nitrogens with zero attached hydrogens (tertiary/aromatic N) is 1. The monoisotopic (exact) mass is 234 g/mol. The molecule has 4 nitrogen and oxygen atoms in total. The number of nitrogens with one attached hydrogen (secondary N) is 1. The maximum absolute atomic E-state index is 11.4. The largest absolute Gasteiger partial charge is 0.320 e. The van der Waals surface area contributed by atoms with Gasteiger partial charge in [-0.05, 0) is 45.9 Å². The van der Waals surface area contributed by atoms with Crippen molar-refractivity contribution in [2.75, 3.05) is 44.7 Å². The first-order chi connectivity index (χ1) is 7.14. The molecule has 1 saturated heterocycles. The quantitative estimate of drug-likeness (QED) is 0.686. The van der Waals surface area contributed by atoms with E-state index in [1.807, 2.05) is 7.05 Å². The molecule has 1 fully saturated rings. The van der Waals surface area contributed by atoms with Crippen LogP contribution in [-0.4, -0.2) is 58.1 Å². The molecule has 1 heterocycles. The lowest BCUT2D eigenvalue weighted by Gasteiger charge is -2.18. The van der Waals surface area contributed by atoms with Gasteiger partial charge in [-0.2, -0.15) is 0 Å². The first kappa shape index (κ1) is 12.9. The molecule has 0 aromatic rings. The second-order valence-corrected chi connectivity index (χ2v) is 6.46. The fourth-order valence-corrected chi connectivity index (χ4v) is 3.16. The summed E-state index contributed by atoms with van der Waals surface area (Å²) < 4.78 is 22.7. The molecular weight excluding hydrogens is 212 g/mol. The van der Waals surface area contributed by atoms with Crippen LogP contribution in [0.2, 0.25) is 0 Å². The minimum atomic E-state index is -2.74. The third kappa shape index (κ3) is 5.49. The van der Waals surface area contributed by atoms with Crippen molar-refractivity contribution in [1.29, 1.82) is 0 Å². The third-order valence-electron chi connectivity index (χ3n) is 2.80. The molecule has 0 radical (unpaired) electrons. The lowest BCUT2D eigenvalue weighted by molar-refractivity contribution is 0.288. The SMILES string of the molecule is CNCCCCN1CCCS(=O)(=O)CC1. The van der Waals surface area contributed by atoms with E-state index in [-0.39, 0.29) is 0 Å². The van der Waals surface area contributed by atoms with Crippen molar-refractivity contribution in [3.63, 3.8) is 0 Å². The topological polar surface area (TPSA) is 49.4 Å². The molecular formula is C10H22N2O2S. The standard InChI is InChI=1S/C10H22N2O2S/c1-11-5-2-3-6-12-7-4-9-15(13,14)10-8-12/h11H,2-10H2,1H3. The van der Waals surface area contributed by atoms with Gasteiger partial charge in [0.05, 0.1) is 11.5 Å². The van der Waals surface area contributed by atoms with Crippen LogP contribution in [0, 0.1) is 0 Å². The highest BCUT2D eigenvalue weighted by atomic mass is 32.2. The molecule has 0 aromatic heterocycles. The van der Waals surface area contributed by atoms with Crippen LogP contribution >= 0.6 is 0 Å². The number of hydrogen-bond donors (Lipinski definition) is 1. The summed E-state index contributed by atoms with van der Waals surface area (Å²) >= 11 is 0. The summed E-state index contributed by atoms with van der Waals surface area (Å²) in [5.74, 6) is 0.721. The van der Waals surface area contributed by atoms with E-state index in [0.29, 0.717) is 11.5 Å². The van der Waals surface area contributed by atoms with E-state index in [4.69, 9.17) is 0 Å². The van der Waals surface area contributed by atoms with Crippen molar-refractivity contribution in [1.82, 2.24) is 10.2 Å². The molecule has 1 aliphatic heterocycles. The van der Waals surface area contributed by atoms with Gasteiger partial charge < -0.3 is 10.2 Å². The Morgan fingerprint density at radius 2 is 2.00 bits per heavy atom. The maximum atomic E-state index is 11.4. The summed E-state index contributed by atoms with van der Waals surface area (Å²) in [5, 5.41) is 3.12. The average molecular weight is 234 g/mol. The second kappa shape index (κ2) is 6.45. The van der Waals surface area contributed by atoms with Crippen LogP contribution in [0.5, 0.6) is 0 Å². The molecule has 0 amide bonds. The summed E-state index contributed by atoms with van der Waals surface area (Å²) in [5.41, 5.74) is 0. The van der Waals surface area contributed by atoms with Gasteiger partial charge in [0.15, 0.2) is 9.84 Å². The molecule has 1 N–H and O–H groups in total. The lowest BCUT2D eigenvalue weighted by atomic mass is 10.3. The lowest BCUT2D eigenvalue weighted by Crippen LogP contribution is -2.28. The van der Waals surface area contributed by atoms with Gasteiger partial charge in [-0.3, -0.25) is 0 Å². The van der Waals surface area contributed by atoms with E-state index in [2.05, 4.69) is 10.2 Å². The van der Waals surface area contributed by atoms with Crippen molar-refractivity contribution in [2.24, 2.45) is 0 Å². The fourth-order valence-electron chi connectivity index (χ4n) is 1.85. The van der Waals surface area contributed by atoms with Gasteiger partial charge in [0.2, 0.25) is 0 Å². The Labute approximate surface area is 93.0 Å². The van der Waals surface area contributed by atoms with Crippen molar-refractivity contribution in [3.8, 4) is 0 Å². The molecule has 0 aliphatic carbocycles. The predicted molar refractivity (Wildman–Crippen MR) is 62.9 cm³/mol. The van der Waals surface area contributed by atoms with E-state index < -0.39 is 9.84 Å². The van der Waals surface area contributed by atoms with Gasteiger partial charge in [-0.1, -0.05) is 0 Å². The van der Waals surface area contributed by atoms with Crippen LogP contribution in [0.15, 0.2) is 0 Å². The van der Waals surface area contributed by atoms with Crippen LogP contribution in [0.25, 0.3) is 0 Å². The second-order valence-electron chi connectivity index (χ2n) is 4.16. The van der Waals surface area contributed by atoms with Crippen molar-refractivity contribution >= 4 is 9.84 Å². The molecule has 0 aromatic carbocycles. The fraction of sp³-hybridized carbons (Fsp3) is 1.00. The van der Waals surface area contributed by atoms with Crippen molar-refractivity contribution in [3.05, 3.63) is 0 Å². The van der Waals surface area contributed by atoms with E-state index in [9.17, 15) is 8.42 Å². The van der Waals surface area contributed by atoms with Crippen LogP contribution in [0.4, 0.5) is 0 Å². The Kier molecular flexibility index (Phi) is 5.56. The van der Waals surface area contributed by atoms with E-state index in [1.54, 1.807) is 0 Å². The number of rotatable bonds is 5. The van der Waals surface area contributed by atoms with Crippen LogP contribution < -0.4 is 5.32 Å². The minimum Gasteiger partial charge on any atom is -0.320 e. The summed E-state index contributed by atoms with van der Waals surface area (Å²) in [6.45, 7) is 3.75. The van der Waals surface area contributed by atoms with Gasteiger partial charge in [-0.25, -0.2) is 8.42 Å². The third-order valence-corrected chi connectivity index (χ3v) is 4.51. The van der Waals surface area contributed by atoms with Crippen molar-refractivity contribution in [2.45, 2.75) is 19.3 Å². The molecule has 1 rings (SSSR count). The molecule has 0 bridgehead atoms. The molecule has 0 unspecified atom stereocenters. The number of sulfone groups is 1. The van der Waals surface area contributed by atoms with Crippen LogP contribution in [-0.2, 0) is 9.84 Å². The summed E-state index contributed by atoms with van der Waals surface area (Å²) in [6.07, 6.45) is 3.12. The van der Waals surface area contributed by atoms with Crippen LogP contribution in [0.1, 0.15) is 19.3 Å². The Balaban J connectivity index is 2.20. The summed E-state index contributed by atoms with van der Waals surface area (Å²) in [6, 6.07) is 0. The molecule has 90 valence electrons. The molecule has 0 saturated carbocycles. The summed E-state index contributed by atoms with van der Waals surface area (Å²) in [7, 11) is -0.785. The molecule has 5 heteroatoms. The van der Waals surface area contributed by atoms with Crippen LogP contribution in [0.3, 0.4) is 0 Å². The zero-order chi connectivity index (χ0) is 11.1. The highest BCUT2D eigenvalue weighted by Crippen LogP contribution is 2.05. The highest BCUT2D eigenvalue weighted by molar-refractivity contribution is 7.91. The first-order valence-corrected chi connectivity index (χ1v) is 7.53. The average Bonchev–Trinajstić information content (AvgIpc) is 2.35. The predicted octanol–water partition coefficient (Wildman–Crippen LogP) is 0.107. The Hall–Kier alpha value is -0.130. The Morgan fingerprint density at radius 1 is 1.20 bits per heavy atom. The van der Waals surface area contributed by atoms with Crippen molar-refractivity contribution < 1.29 is 8.42 Å². The molecule has 1 aliphatic rings. The first-order valence-electron chi connectivity index (χ1n) is 5.71. The van der Waals surface area contributed by atoms with E-state index in [0.717, 1.165) is 39.0 Å². The Bertz CT molecular complexity index is 265. The zero-order valence-electron chi connectivity index (χ0n) is 9.54. The Morgan fingerprint density at radius 3 is 2.73 bits per heavy atom. The highest BCUT2D eigenvalue weighted by Gasteiger charge is 2.18. The van der Waals surface area contributed by atoms with Gasteiger partial charge in [0, 0.05) is 6.54 Å². The minimum absolute atomic E-state index is 0.346. The smallest absolute Gasteiger partial charge is 0.151 e. The molecule has 0 spiro atoms. The van der Waals surface area contributed by atoms with E-state index >= 15 is 0 Å². The summed E-state index contributed by atoms with van der Waals surface area (Å²) in [4.78, 5) is 2.28. The van der Waals surface area contributed by atoms with Gasteiger partial charge in [0.25, 0.3) is 0 Å². The molecule has 0 atom stereocenters. The van der Waals surface area contributed by atoms with E-state index in [1.165, 1.54) is 6.42 Å². The zero-order valence-corrected chi connectivity index (χ0v) is 10.4. The van der Waals surface area contributed by atoms with Gasteiger partial charge >= 0.3 is 0 Å². The maximum Gasteiger partial charge on any atom is 0.151 e. The van der Waals surface area contributed by atoms with Gasteiger partial charge in [0.1, 0.15) is 0 Å². The molecule has 15 heavy (non-hydrogen) atoms. The normalized spacial score (nSPS) is 22.5. The van der Waals surface area contributed by atoms with Gasteiger partial charge in [-0.15, -0.1) is 0 Å². The number of unbranched alkanes of at least 4 members (excludes halogenated alkanes) is 1. The number of hydrogen-bond acceptors (Lipinski definition) is 4.